The number of carbonyl (C=O) groups is 1. The van der Waals surface area contributed by atoms with Crippen LogP contribution in [0.15, 0.2) is 0 Å². The van der Waals surface area contributed by atoms with Crippen LogP contribution in [0.1, 0.15) is 26.2 Å². The highest BCUT2D eigenvalue weighted by atomic mass is 16.2. The van der Waals surface area contributed by atoms with Crippen molar-refractivity contribution in [3.8, 4) is 0 Å². The molecule has 70 valence electrons. The Morgan fingerprint density at radius 1 is 1.67 bits per heavy atom. The molecule has 0 aliphatic carbocycles. The van der Waals surface area contributed by atoms with Crippen LogP contribution >= 0.6 is 0 Å². The van der Waals surface area contributed by atoms with Crippen molar-refractivity contribution in [2.75, 3.05) is 19.6 Å². The maximum atomic E-state index is 11.0. The molecule has 0 aromatic rings. The summed E-state index contributed by atoms with van der Waals surface area (Å²) in [4.78, 5) is 13.0. The van der Waals surface area contributed by atoms with Gasteiger partial charge in [-0.3, -0.25) is 4.79 Å². The highest BCUT2D eigenvalue weighted by molar-refractivity contribution is 5.73. The summed E-state index contributed by atoms with van der Waals surface area (Å²) in [6.07, 6.45) is 3.44. The lowest BCUT2D eigenvalue weighted by Gasteiger charge is -2.31. The predicted octanol–water partition coefficient (Wildman–Crippen LogP) is 0.594. The molecule has 1 aliphatic heterocycles. The van der Waals surface area contributed by atoms with Crippen molar-refractivity contribution in [1.29, 1.82) is 0 Å². The fourth-order valence-corrected chi connectivity index (χ4v) is 1.82. The third kappa shape index (κ3) is 2.48. The lowest BCUT2D eigenvalue weighted by molar-refractivity contribution is -0.130. The molecule has 0 aromatic heterocycles. The summed E-state index contributed by atoms with van der Waals surface area (Å²) in [7, 11) is 0. The molecule has 1 rings (SSSR count). The number of hydrogen-bond donors (Lipinski definition) is 1. The molecular weight excluding hydrogens is 152 g/mol. The summed E-state index contributed by atoms with van der Waals surface area (Å²) < 4.78 is 0. The molecule has 1 saturated heterocycles. The Bertz CT molecular complexity index is 157. The molecule has 1 heterocycles. The summed E-state index contributed by atoms with van der Waals surface area (Å²) in [6.45, 7) is 4.25. The maximum Gasteiger partial charge on any atom is 0.219 e. The number of hydrogen-bond acceptors (Lipinski definition) is 2. The minimum Gasteiger partial charge on any atom is -0.343 e. The molecule has 1 amide bonds. The van der Waals surface area contributed by atoms with E-state index in [1.165, 1.54) is 6.42 Å². The SMILES string of the molecule is CC(=O)N1CCCC(CCN)C1. The lowest BCUT2D eigenvalue weighted by atomic mass is 9.95. The third-order valence-corrected chi connectivity index (χ3v) is 2.54. The highest BCUT2D eigenvalue weighted by Crippen LogP contribution is 2.18. The number of amides is 1. The molecule has 0 bridgehead atoms. The van der Waals surface area contributed by atoms with E-state index in [4.69, 9.17) is 5.73 Å². The van der Waals surface area contributed by atoms with Crippen molar-refractivity contribution in [2.45, 2.75) is 26.2 Å². The first-order valence-corrected chi connectivity index (χ1v) is 4.69. The summed E-state index contributed by atoms with van der Waals surface area (Å²) in [5, 5.41) is 0. The van der Waals surface area contributed by atoms with E-state index in [2.05, 4.69) is 0 Å². The maximum absolute atomic E-state index is 11.0. The quantitative estimate of drug-likeness (QED) is 0.659. The van der Waals surface area contributed by atoms with E-state index in [1.807, 2.05) is 4.90 Å². The number of nitrogens with two attached hydrogens (primary N) is 1. The normalized spacial score (nSPS) is 24.2. The van der Waals surface area contributed by atoms with Gasteiger partial charge in [-0.15, -0.1) is 0 Å². The zero-order valence-corrected chi connectivity index (χ0v) is 7.75. The Kier molecular flexibility index (Phi) is 3.53. The zero-order chi connectivity index (χ0) is 8.97. The number of carbonyl (C=O) groups excluding carboxylic acids is 1. The minimum atomic E-state index is 0.205. The standard InChI is InChI=1S/C9H18N2O/c1-8(12)11-6-2-3-9(7-11)4-5-10/h9H,2-7,10H2,1H3. The van der Waals surface area contributed by atoms with Crippen LogP contribution in [0.3, 0.4) is 0 Å². The summed E-state index contributed by atoms with van der Waals surface area (Å²) >= 11 is 0. The molecule has 3 nitrogen and oxygen atoms in total. The van der Waals surface area contributed by atoms with Crippen molar-refractivity contribution in [1.82, 2.24) is 4.90 Å². The Balaban J connectivity index is 2.35. The van der Waals surface area contributed by atoms with Gasteiger partial charge in [0.15, 0.2) is 0 Å². The number of rotatable bonds is 2. The van der Waals surface area contributed by atoms with Gasteiger partial charge >= 0.3 is 0 Å². The molecule has 0 saturated carbocycles. The molecule has 1 unspecified atom stereocenters. The van der Waals surface area contributed by atoms with Gasteiger partial charge in [0.1, 0.15) is 0 Å². The second kappa shape index (κ2) is 4.45. The molecule has 1 fully saturated rings. The monoisotopic (exact) mass is 170 g/mol. The van der Waals surface area contributed by atoms with Crippen LogP contribution in [0, 0.1) is 5.92 Å². The average molecular weight is 170 g/mol. The Morgan fingerprint density at radius 2 is 2.42 bits per heavy atom. The first-order valence-electron chi connectivity index (χ1n) is 4.69. The van der Waals surface area contributed by atoms with E-state index >= 15 is 0 Å². The van der Waals surface area contributed by atoms with Gasteiger partial charge in [-0.25, -0.2) is 0 Å². The number of piperidine rings is 1. The van der Waals surface area contributed by atoms with Crippen molar-refractivity contribution in [3.63, 3.8) is 0 Å². The van der Waals surface area contributed by atoms with E-state index < -0.39 is 0 Å². The zero-order valence-electron chi connectivity index (χ0n) is 7.75. The van der Waals surface area contributed by atoms with Gasteiger partial charge in [-0.2, -0.15) is 0 Å². The first-order chi connectivity index (χ1) is 5.74. The molecular formula is C9H18N2O. The van der Waals surface area contributed by atoms with E-state index in [-0.39, 0.29) is 5.91 Å². The first kappa shape index (κ1) is 9.52. The molecule has 0 radical (unpaired) electrons. The summed E-state index contributed by atoms with van der Waals surface area (Å²) in [6, 6.07) is 0. The Morgan fingerprint density at radius 3 is 3.00 bits per heavy atom. The number of likely N-dealkylation sites (tertiary alicyclic amines) is 1. The summed E-state index contributed by atoms with van der Waals surface area (Å²) in [5.74, 6) is 0.851. The van der Waals surface area contributed by atoms with Crippen LogP contribution in [0.5, 0.6) is 0 Å². The van der Waals surface area contributed by atoms with E-state index in [0.29, 0.717) is 5.92 Å². The van der Waals surface area contributed by atoms with Crippen molar-refractivity contribution >= 4 is 5.91 Å². The largest absolute Gasteiger partial charge is 0.343 e. The van der Waals surface area contributed by atoms with E-state index in [9.17, 15) is 4.79 Å². The fourth-order valence-electron chi connectivity index (χ4n) is 1.82. The molecule has 1 aliphatic rings. The van der Waals surface area contributed by atoms with Crippen LogP contribution in [0.4, 0.5) is 0 Å². The van der Waals surface area contributed by atoms with Gasteiger partial charge in [-0.1, -0.05) is 0 Å². The molecule has 0 aromatic carbocycles. The fraction of sp³-hybridized carbons (Fsp3) is 0.889. The topological polar surface area (TPSA) is 46.3 Å². The third-order valence-electron chi connectivity index (χ3n) is 2.54. The molecule has 2 N–H and O–H groups in total. The van der Waals surface area contributed by atoms with Crippen molar-refractivity contribution in [2.24, 2.45) is 11.7 Å². The Labute approximate surface area is 73.9 Å². The molecule has 1 atom stereocenters. The second-order valence-corrected chi connectivity index (χ2v) is 3.55. The lowest BCUT2D eigenvalue weighted by Crippen LogP contribution is -2.39. The van der Waals surface area contributed by atoms with Crippen LogP contribution in [0.2, 0.25) is 0 Å². The Hall–Kier alpha value is -0.570. The second-order valence-electron chi connectivity index (χ2n) is 3.55. The van der Waals surface area contributed by atoms with Gasteiger partial charge in [0, 0.05) is 20.0 Å². The highest BCUT2D eigenvalue weighted by Gasteiger charge is 2.20. The summed E-state index contributed by atoms with van der Waals surface area (Å²) in [5.41, 5.74) is 5.48. The van der Waals surface area contributed by atoms with Gasteiger partial charge in [-0.05, 0) is 31.7 Å². The van der Waals surface area contributed by atoms with Crippen LogP contribution < -0.4 is 5.73 Å². The smallest absolute Gasteiger partial charge is 0.219 e. The average Bonchev–Trinajstić information content (AvgIpc) is 2.05. The molecule has 0 spiro atoms. The number of nitrogens with zero attached hydrogens (tertiary/aromatic N) is 1. The minimum absolute atomic E-state index is 0.205. The van der Waals surface area contributed by atoms with Gasteiger partial charge in [0.05, 0.1) is 0 Å². The van der Waals surface area contributed by atoms with Crippen molar-refractivity contribution in [3.05, 3.63) is 0 Å². The predicted molar refractivity (Wildman–Crippen MR) is 48.6 cm³/mol. The van der Waals surface area contributed by atoms with E-state index in [1.54, 1.807) is 6.92 Å². The van der Waals surface area contributed by atoms with Gasteiger partial charge in [0.25, 0.3) is 0 Å². The van der Waals surface area contributed by atoms with Crippen molar-refractivity contribution < 1.29 is 4.79 Å². The van der Waals surface area contributed by atoms with Crippen LogP contribution in [0.25, 0.3) is 0 Å². The molecule has 12 heavy (non-hydrogen) atoms. The van der Waals surface area contributed by atoms with Gasteiger partial charge < -0.3 is 10.6 Å². The van der Waals surface area contributed by atoms with Crippen LogP contribution in [-0.4, -0.2) is 30.4 Å². The van der Waals surface area contributed by atoms with Gasteiger partial charge in [0.2, 0.25) is 5.91 Å². The van der Waals surface area contributed by atoms with Crippen LogP contribution in [-0.2, 0) is 4.79 Å². The molecule has 3 heteroatoms. The van der Waals surface area contributed by atoms with E-state index in [0.717, 1.165) is 32.5 Å².